The van der Waals surface area contributed by atoms with Crippen molar-refractivity contribution in [2.45, 2.75) is 26.3 Å². The van der Waals surface area contributed by atoms with Crippen molar-refractivity contribution in [3.05, 3.63) is 63.2 Å². The van der Waals surface area contributed by atoms with Crippen LogP contribution >= 0.6 is 22.6 Å². The number of halogens is 1. The van der Waals surface area contributed by atoms with Crippen LogP contribution in [-0.4, -0.2) is 17.9 Å². The fourth-order valence-electron chi connectivity index (χ4n) is 2.02. The number of amides is 2. The van der Waals surface area contributed by atoms with E-state index in [-0.39, 0.29) is 17.9 Å². The second kappa shape index (κ2) is 8.10. The molecule has 0 saturated heterocycles. The maximum atomic E-state index is 12.4. The zero-order valence-corrected chi connectivity index (χ0v) is 15.3. The Labute approximate surface area is 149 Å². The quantitative estimate of drug-likeness (QED) is 0.714. The van der Waals surface area contributed by atoms with Crippen LogP contribution in [0.1, 0.15) is 41.0 Å². The molecule has 2 aromatic rings. The van der Waals surface area contributed by atoms with Crippen LogP contribution in [0.5, 0.6) is 0 Å². The number of carbonyl (C=O) groups excluding carboxylic acids is 2. The molecular weight excluding hydrogens is 403 g/mol. The van der Waals surface area contributed by atoms with Crippen LogP contribution in [0.15, 0.2) is 48.5 Å². The van der Waals surface area contributed by atoms with E-state index < -0.39 is 0 Å². The molecule has 1 atom stereocenters. The summed E-state index contributed by atoms with van der Waals surface area (Å²) in [7, 11) is 0. The lowest BCUT2D eigenvalue weighted by molar-refractivity contribution is 0.0940. The van der Waals surface area contributed by atoms with E-state index >= 15 is 0 Å². The fraction of sp³-hybridized carbons (Fsp3) is 0.222. The van der Waals surface area contributed by atoms with Crippen LogP contribution < -0.4 is 10.6 Å². The molecule has 0 aliphatic carbocycles. The summed E-state index contributed by atoms with van der Waals surface area (Å²) in [6, 6.07) is 14.4. The smallest absolute Gasteiger partial charge is 0.255 e. The van der Waals surface area contributed by atoms with E-state index in [9.17, 15) is 9.59 Å². The molecule has 2 aromatic carbocycles. The minimum atomic E-state index is -0.229. The van der Waals surface area contributed by atoms with Gasteiger partial charge in [-0.05, 0) is 66.3 Å². The van der Waals surface area contributed by atoms with Gasteiger partial charge in [0.15, 0.2) is 0 Å². The Kier molecular flexibility index (Phi) is 6.15. The number of rotatable bonds is 5. The summed E-state index contributed by atoms with van der Waals surface area (Å²) in [5.41, 5.74) is 1.54. The molecule has 0 aliphatic rings. The van der Waals surface area contributed by atoms with Gasteiger partial charge in [-0.1, -0.05) is 25.1 Å². The molecular formula is C18H19IN2O2. The maximum Gasteiger partial charge on any atom is 0.255 e. The van der Waals surface area contributed by atoms with Crippen LogP contribution in [0.3, 0.4) is 0 Å². The van der Waals surface area contributed by atoms with Crippen molar-refractivity contribution in [2.24, 2.45) is 0 Å². The minimum Gasteiger partial charge on any atom is -0.350 e. The highest BCUT2D eigenvalue weighted by atomic mass is 127. The number of benzene rings is 2. The van der Waals surface area contributed by atoms with E-state index in [1.54, 1.807) is 36.4 Å². The third-order valence-corrected chi connectivity index (χ3v) is 4.17. The second-order valence-corrected chi connectivity index (χ2v) is 6.54. The van der Waals surface area contributed by atoms with Gasteiger partial charge in [-0.25, -0.2) is 0 Å². The molecule has 0 radical (unpaired) electrons. The number of nitrogens with one attached hydrogen (secondary N) is 2. The van der Waals surface area contributed by atoms with Gasteiger partial charge >= 0.3 is 0 Å². The summed E-state index contributed by atoms with van der Waals surface area (Å²) in [6.45, 7) is 3.96. The SMILES string of the molecule is CCC(C)NC(=O)c1ccccc1NC(=O)c1cccc(I)c1. The van der Waals surface area contributed by atoms with Gasteiger partial charge in [0.2, 0.25) is 0 Å². The lowest BCUT2D eigenvalue weighted by atomic mass is 10.1. The van der Waals surface area contributed by atoms with Crippen LogP contribution in [0.4, 0.5) is 5.69 Å². The van der Waals surface area contributed by atoms with Gasteiger partial charge in [0, 0.05) is 15.2 Å². The van der Waals surface area contributed by atoms with Crippen molar-refractivity contribution >= 4 is 40.1 Å². The minimum absolute atomic E-state index is 0.0851. The van der Waals surface area contributed by atoms with Crippen molar-refractivity contribution in [1.82, 2.24) is 5.32 Å². The van der Waals surface area contributed by atoms with Gasteiger partial charge < -0.3 is 10.6 Å². The summed E-state index contributed by atoms with van der Waals surface area (Å²) >= 11 is 2.16. The summed E-state index contributed by atoms with van der Waals surface area (Å²) in [5.74, 6) is -0.412. The lowest BCUT2D eigenvalue weighted by Gasteiger charge is -2.14. The predicted octanol–water partition coefficient (Wildman–Crippen LogP) is 4.07. The molecule has 2 rings (SSSR count). The lowest BCUT2D eigenvalue weighted by Crippen LogP contribution is -2.32. The Morgan fingerprint density at radius 1 is 1.09 bits per heavy atom. The first-order chi connectivity index (χ1) is 11.0. The molecule has 0 saturated carbocycles. The largest absolute Gasteiger partial charge is 0.350 e. The molecule has 4 nitrogen and oxygen atoms in total. The normalized spacial score (nSPS) is 11.6. The number of hydrogen-bond donors (Lipinski definition) is 2. The number of anilines is 1. The van der Waals surface area contributed by atoms with E-state index in [1.807, 2.05) is 26.0 Å². The van der Waals surface area contributed by atoms with Crippen LogP contribution in [0.2, 0.25) is 0 Å². The third kappa shape index (κ3) is 4.79. The third-order valence-electron chi connectivity index (χ3n) is 3.50. The average molecular weight is 422 g/mol. The molecule has 0 bridgehead atoms. The number of hydrogen-bond acceptors (Lipinski definition) is 2. The molecule has 0 aromatic heterocycles. The molecule has 0 heterocycles. The Bertz CT molecular complexity index is 716. The summed E-state index contributed by atoms with van der Waals surface area (Å²) < 4.78 is 0.984. The van der Waals surface area contributed by atoms with E-state index in [2.05, 4.69) is 33.2 Å². The Hall–Kier alpha value is -1.89. The van der Waals surface area contributed by atoms with Gasteiger partial charge in [0.1, 0.15) is 0 Å². The Balaban J connectivity index is 2.20. The Morgan fingerprint density at radius 3 is 2.52 bits per heavy atom. The number of carbonyl (C=O) groups is 2. The first kappa shape index (κ1) is 17.5. The maximum absolute atomic E-state index is 12.4. The van der Waals surface area contributed by atoms with Gasteiger partial charge in [-0.3, -0.25) is 9.59 Å². The van der Waals surface area contributed by atoms with Crippen LogP contribution in [0.25, 0.3) is 0 Å². The van der Waals surface area contributed by atoms with Crippen molar-refractivity contribution < 1.29 is 9.59 Å². The van der Waals surface area contributed by atoms with Crippen molar-refractivity contribution in [1.29, 1.82) is 0 Å². The van der Waals surface area contributed by atoms with Crippen LogP contribution in [-0.2, 0) is 0 Å². The first-order valence-electron chi connectivity index (χ1n) is 7.48. The molecule has 0 aliphatic heterocycles. The van der Waals surface area contributed by atoms with Crippen molar-refractivity contribution in [2.75, 3.05) is 5.32 Å². The van der Waals surface area contributed by atoms with E-state index in [1.165, 1.54) is 0 Å². The predicted molar refractivity (Wildman–Crippen MR) is 101 cm³/mol. The van der Waals surface area contributed by atoms with Crippen molar-refractivity contribution in [3.8, 4) is 0 Å². The molecule has 2 amide bonds. The second-order valence-electron chi connectivity index (χ2n) is 5.29. The zero-order chi connectivity index (χ0) is 16.8. The highest BCUT2D eigenvalue weighted by Crippen LogP contribution is 2.17. The van der Waals surface area contributed by atoms with Crippen LogP contribution in [0, 0.1) is 3.57 Å². The monoisotopic (exact) mass is 422 g/mol. The molecule has 120 valence electrons. The average Bonchev–Trinajstić information content (AvgIpc) is 2.55. The number of para-hydroxylation sites is 1. The molecule has 23 heavy (non-hydrogen) atoms. The van der Waals surface area contributed by atoms with E-state index in [0.717, 1.165) is 9.99 Å². The molecule has 0 fully saturated rings. The fourth-order valence-corrected chi connectivity index (χ4v) is 2.56. The Morgan fingerprint density at radius 2 is 1.83 bits per heavy atom. The van der Waals surface area contributed by atoms with Crippen molar-refractivity contribution in [3.63, 3.8) is 0 Å². The summed E-state index contributed by atoms with van der Waals surface area (Å²) in [4.78, 5) is 24.7. The van der Waals surface area contributed by atoms with E-state index in [4.69, 9.17) is 0 Å². The first-order valence-corrected chi connectivity index (χ1v) is 8.56. The summed E-state index contributed by atoms with van der Waals surface area (Å²) in [5, 5.41) is 5.74. The zero-order valence-electron chi connectivity index (χ0n) is 13.1. The van der Waals surface area contributed by atoms with Gasteiger partial charge in [0.25, 0.3) is 11.8 Å². The molecule has 5 heteroatoms. The van der Waals surface area contributed by atoms with Gasteiger partial charge in [-0.2, -0.15) is 0 Å². The van der Waals surface area contributed by atoms with Gasteiger partial charge in [-0.15, -0.1) is 0 Å². The standard InChI is InChI=1S/C18H19IN2O2/c1-3-12(2)20-18(23)15-9-4-5-10-16(15)21-17(22)13-7-6-8-14(19)11-13/h4-12H,3H2,1-2H3,(H,20,23)(H,21,22). The molecule has 0 spiro atoms. The topological polar surface area (TPSA) is 58.2 Å². The van der Waals surface area contributed by atoms with Gasteiger partial charge in [0.05, 0.1) is 11.3 Å². The molecule has 2 N–H and O–H groups in total. The molecule has 1 unspecified atom stereocenters. The highest BCUT2D eigenvalue weighted by molar-refractivity contribution is 14.1. The highest BCUT2D eigenvalue weighted by Gasteiger charge is 2.15. The summed E-state index contributed by atoms with van der Waals surface area (Å²) in [6.07, 6.45) is 0.850. The van der Waals surface area contributed by atoms with E-state index in [0.29, 0.717) is 16.8 Å².